The normalized spacial score (nSPS) is 10.6. The number of hydrogen-bond acceptors (Lipinski definition) is 7. The largest absolute Gasteiger partial charge is 0.476 e. The lowest BCUT2D eigenvalue weighted by atomic mass is 10.4. The molecule has 0 aliphatic rings. The molecule has 0 aliphatic carbocycles. The van der Waals surface area contributed by atoms with E-state index in [2.05, 4.69) is 15.3 Å². The number of nitrogens with one attached hydrogen (secondary N) is 1. The van der Waals surface area contributed by atoms with Crippen LogP contribution in [-0.4, -0.2) is 54.1 Å². The molecule has 0 bridgehead atoms. The minimum Gasteiger partial charge on any atom is -0.476 e. The van der Waals surface area contributed by atoms with Crippen molar-refractivity contribution in [2.45, 2.75) is 13.3 Å². The molecule has 0 fully saturated rings. The van der Waals surface area contributed by atoms with Crippen molar-refractivity contribution in [3.8, 4) is 5.88 Å². The Bertz CT molecular complexity index is 450. The molecule has 0 radical (unpaired) electrons. The molecule has 8 heteroatoms. The molecule has 0 aromatic carbocycles. The van der Waals surface area contributed by atoms with Crippen molar-refractivity contribution >= 4 is 11.5 Å². The monoisotopic (exact) mass is 269 g/mol. The third-order valence-electron chi connectivity index (χ3n) is 2.44. The highest BCUT2D eigenvalue weighted by Crippen LogP contribution is 2.31. The second-order valence-corrected chi connectivity index (χ2v) is 4.19. The van der Waals surface area contributed by atoms with Crippen LogP contribution in [0.2, 0.25) is 0 Å². The van der Waals surface area contributed by atoms with Crippen molar-refractivity contribution in [2.75, 3.05) is 39.6 Å². The average molecular weight is 269 g/mol. The molecule has 1 heterocycles. The van der Waals surface area contributed by atoms with Crippen LogP contribution >= 0.6 is 0 Å². The van der Waals surface area contributed by atoms with Crippen LogP contribution in [0.25, 0.3) is 0 Å². The first-order valence-electron chi connectivity index (χ1n) is 5.97. The van der Waals surface area contributed by atoms with E-state index in [1.165, 1.54) is 7.11 Å². The van der Waals surface area contributed by atoms with Gasteiger partial charge in [-0.15, -0.1) is 0 Å². The molecule has 0 saturated heterocycles. The van der Waals surface area contributed by atoms with Crippen molar-refractivity contribution in [1.29, 1.82) is 0 Å². The summed E-state index contributed by atoms with van der Waals surface area (Å²) < 4.78 is 4.97. The summed E-state index contributed by atoms with van der Waals surface area (Å²) in [7, 11) is 5.21. The van der Waals surface area contributed by atoms with Crippen LogP contribution in [0.4, 0.5) is 11.5 Å². The van der Waals surface area contributed by atoms with Crippen LogP contribution in [0.5, 0.6) is 5.88 Å². The fraction of sp³-hybridized carbons (Fsp3) is 0.636. The van der Waals surface area contributed by atoms with Gasteiger partial charge in [0.15, 0.2) is 0 Å². The Hall–Kier alpha value is -1.96. The van der Waals surface area contributed by atoms with Gasteiger partial charge in [-0.1, -0.05) is 6.92 Å². The maximum absolute atomic E-state index is 11.1. The van der Waals surface area contributed by atoms with E-state index in [0.29, 0.717) is 18.8 Å². The number of nitrogens with zero attached hydrogens (tertiary/aromatic N) is 4. The van der Waals surface area contributed by atoms with Gasteiger partial charge in [-0.3, -0.25) is 10.1 Å². The second-order valence-electron chi connectivity index (χ2n) is 4.19. The van der Waals surface area contributed by atoms with Crippen molar-refractivity contribution < 1.29 is 9.66 Å². The van der Waals surface area contributed by atoms with E-state index in [1.54, 1.807) is 0 Å². The number of ether oxygens (including phenoxy) is 1. The van der Waals surface area contributed by atoms with Crippen LogP contribution in [0.3, 0.4) is 0 Å². The second kappa shape index (κ2) is 6.83. The Labute approximate surface area is 112 Å². The summed E-state index contributed by atoms with van der Waals surface area (Å²) in [5.74, 6) is 0.703. The van der Waals surface area contributed by atoms with Gasteiger partial charge in [0.25, 0.3) is 5.88 Å². The summed E-state index contributed by atoms with van der Waals surface area (Å²) >= 11 is 0. The molecule has 0 saturated carbocycles. The highest BCUT2D eigenvalue weighted by Gasteiger charge is 2.25. The van der Waals surface area contributed by atoms with Gasteiger partial charge in [-0.25, -0.2) is 4.98 Å². The minimum atomic E-state index is -0.531. The topological polar surface area (TPSA) is 93.4 Å². The first kappa shape index (κ1) is 15.1. The standard InChI is InChI=1S/C11H19N5O3/c1-5-8-13-10(12-6-7-15(2)3)9(16(17)18)11(14-8)19-4/h5-7H2,1-4H3,(H,12,13,14). The number of methoxy groups -OCH3 is 1. The van der Waals surface area contributed by atoms with Gasteiger partial charge < -0.3 is 15.0 Å². The fourth-order valence-corrected chi connectivity index (χ4v) is 1.46. The molecule has 1 rings (SSSR count). The molecule has 19 heavy (non-hydrogen) atoms. The number of hydrogen-bond donors (Lipinski definition) is 1. The Balaban J connectivity index is 3.07. The summed E-state index contributed by atoms with van der Waals surface area (Å²) in [5, 5.41) is 14.1. The fourth-order valence-electron chi connectivity index (χ4n) is 1.46. The smallest absolute Gasteiger partial charge is 0.372 e. The van der Waals surface area contributed by atoms with E-state index in [0.717, 1.165) is 6.54 Å². The Morgan fingerprint density at radius 2 is 2.11 bits per heavy atom. The SMILES string of the molecule is CCc1nc(NCCN(C)C)c([N+](=O)[O-])c(OC)n1. The molecular formula is C11H19N5O3. The van der Waals surface area contributed by atoms with Crippen molar-refractivity contribution in [3.05, 3.63) is 15.9 Å². The van der Waals surface area contributed by atoms with Crippen LogP contribution < -0.4 is 10.1 Å². The summed E-state index contributed by atoms with van der Waals surface area (Å²) in [6.45, 7) is 3.17. The zero-order valence-corrected chi connectivity index (χ0v) is 11.6. The lowest BCUT2D eigenvalue weighted by Crippen LogP contribution is -2.22. The molecule has 0 atom stereocenters. The van der Waals surface area contributed by atoms with Crippen molar-refractivity contribution in [1.82, 2.24) is 14.9 Å². The highest BCUT2D eigenvalue weighted by atomic mass is 16.6. The lowest BCUT2D eigenvalue weighted by molar-refractivity contribution is -0.385. The molecular weight excluding hydrogens is 250 g/mol. The van der Waals surface area contributed by atoms with Crippen molar-refractivity contribution in [3.63, 3.8) is 0 Å². The van der Waals surface area contributed by atoms with E-state index in [-0.39, 0.29) is 17.4 Å². The number of nitro groups is 1. The molecule has 0 amide bonds. The molecule has 0 spiro atoms. The number of likely N-dealkylation sites (N-methyl/N-ethyl adjacent to an activating group) is 1. The average Bonchev–Trinajstić information content (AvgIpc) is 2.36. The first-order chi connectivity index (χ1) is 8.99. The third kappa shape index (κ3) is 4.02. The highest BCUT2D eigenvalue weighted by molar-refractivity contribution is 5.61. The minimum absolute atomic E-state index is 0.01000. The van der Waals surface area contributed by atoms with Crippen LogP contribution in [0.15, 0.2) is 0 Å². The van der Waals surface area contributed by atoms with Gasteiger partial charge in [0.2, 0.25) is 5.82 Å². The number of anilines is 1. The molecule has 1 N–H and O–H groups in total. The number of rotatable bonds is 7. The summed E-state index contributed by atoms with van der Waals surface area (Å²) in [6, 6.07) is 0. The molecule has 8 nitrogen and oxygen atoms in total. The summed E-state index contributed by atoms with van der Waals surface area (Å²) in [4.78, 5) is 20.7. The van der Waals surface area contributed by atoms with Gasteiger partial charge in [0, 0.05) is 19.5 Å². The van der Waals surface area contributed by atoms with E-state index in [9.17, 15) is 10.1 Å². The van der Waals surface area contributed by atoms with E-state index >= 15 is 0 Å². The van der Waals surface area contributed by atoms with Crippen LogP contribution in [0.1, 0.15) is 12.7 Å². The first-order valence-corrected chi connectivity index (χ1v) is 5.97. The maximum atomic E-state index is 11.1. The zero-order valence-electron chi connectivity index (χ0n) is 11.6. The summed E-state index contributed by atoms with van der Waals surface area (Å²) in [6.07, 6.45) is 0.580. The third-order valence-corrected chi connectivity index (χ3v) is 2.44. The van der Waals surface area contributed by atoms with E-state index in [1.807, 2.05) is 25.9 Å². The number of aryl methyl sites for hydroxylation is 1. The molecule has 106 valence electrons. The molecule has 0 aliphatic heterocycles. The molecule has 0 unspecified atom stereocenters. The van der Waals surface area contributed by atoms with E-state index < -0.39 is 4.92 Å². The summed E-state index contributed by atoms with van der Waals surface area (Å²) in [5.41, 5.74) is -0.224. The zero-order chi connectivity index (χ0) is 14.4. The maximum Gasteiger partial charge on any atom is 0.372 e. The van der Waals surface area contributed by atoms with Crippen LogP contribution in [0, 0.1) is 10.1 Å². The molecule has 1 aromatic rings. The Morgan fingerprint density at radius 1 is 1.42 bits per heavy atom. The van der Waals surface area contributed by atoms with Gasteiger partial charge in [0.05, 0.1) is 12.0 Å². The molecule has 1 aromatic heterocycles. The van der Waals surface area contributed by atoms with E-state index in [4.69, 9.17) is 4.74 Å². The van der Waals surface area contributed by atoms with Crippen LogP contribution in [-0.2, 0) is 6.42 Å². The number of aromatic nitrogens is 2. The quantitative estimate of drug-likeness (QED) is 0.581. The predicted molar refractivity (Wildman–Crippen MR) is 71.7 cm³/mol. The lowest BCUT2D eigenvalue weighted by Gasteiger charge is -2.12. The van der Waals surface area contributed by atoms with Gasteiger partial charge in [0.1, 0.15) is 5.82 Å². The Morgan fingerprint density at radius 3 is 2.58 bits per heavy atom. The predicted octanol–water partition coefficient (Wildman–Crippen LogP) is 0.929. The van der Waals surface area contributed by atoms with Gasteiger partial charge in [-0.05, 0) is 14.1 Å². The van der Waals surface area contributed by atoms with Crippen molar-refractivity contribution in [2.24, 2.45) is 0 Å². The van der Waals surface area contributed by atoms with Gasteiger partial charge >= 0.3 is 5.69 Å². The van der Waals surface area contributed by atoms with Gasteiger partial charge in [-0.2, -0.15) is 4.98 Å². The Kier molecular flexibility index (Phi) is 5.43.